The fraction of sp³-hybridized carbons (Fsp3) is 0.400. The molecule has 1 fully saturated rings. The second kappa shape index (κ2) is 1.67. The Hall–Kier alpha value is -0.820. The van der Waals surface area contributed by atoms with Crippen LogP contribution in [0, 0.1) is 0 Å². The summed E-state index contributed by atoms with van der Waals surface area (Å²) in [4.78, 5) is 0. The van der Waals surface area contributed by atoms with Crippen LogP contribution in [-0.2, 0) is 16.9 Å². The number of hydrogen-bond acceptors (Lipinski definition) is 1. The van der Waals surface area contributed by atoms with Gasteiger partial charge in [-0.15, -0.1) is 0 Å². The van der Waals surface area contributed by atoms with Gasteiger partial charge in [-0.1, -0.05) is 24.3 Å². The van der Waals surface area contributed by atoms with E-state index in [2.05, 4.69) is 24.3 Å². The van der Waals surface area contributed by atoms with Crippen molar-refractivity contribution >= 4 is 0 Å². The van der Waals surface area contributed by atoms with Crippen molar-refractivity contribution in [3.05, 3.63) is 35.4 Å². The molecular weight excluding hydrogens is 136 g/mol. The van der Waals surface area contributed by atoms with E-state index in [9.17, 15) is 0 Å². The lowest BCUT2D eigenvalue weighted by Gasteiger charge is -2.05. The molecule has 1 aromatic rings. The van der Waals surface area contributed by atoms with Crippen LogP contribution in [0.25, 0.3) is 0 Å². The van der Waals surface area contributed by atoms with Gasteiger partial charge in [0.25, 0.3) is 0 Å². The summed E-state index contributed by atoms with van der Waals surface area (Å²) in [6.45, 7) is 0.830. The van der Waals surface area contributed by atoms with Crippen LogP contribution in [0.3, 0.4) is 0 Å². The van der Waals surface area contributed by atoms with Gasteiger partial charge in [-0.3, -0.25) is 0 Å². The highest BCUT2D eigenvalue weighted by Gasteiger charge is 2.50. The molecule has 1 heterocycles. The van der Waals surface area contributed by atoms with Gasteiger partial charge in [-0.2, -0.15) is 0 Å². The fourth-order valence-electron chi connectivity index (χ4n) is 1.91. The average Bonchev–Trinajstić information content (AvgIpc) is 2.72. The van der Waals surface area contributed by atoms with E-state index < -0.39 is 0 Å². The zero-order valence-corrected chi connectivity index (χ0v) is 6.34. The molecule has 0 saturated heterocycles. The normalized spacial score (nSPS) is 23.6. The lowest BCUT2D eigenvalue weighted by atomic mass is 10.0. The molecule has 1 aliphatic carbocycles. The smallest absolute Gasteiger partial charge is 0.0941 e. The van der Waals surface area contributed by atoms with Crippen molar-refractivity contribution in [2.75, 3.05) is 0 Å². The third-order valence-corrected chi connectivity index (χ3v) is 2.72. The third kappa shape index (κ3) is 0.641. The number of ether oxygens (including phenoxy) is 1. The molecule has 0 atom stereocenters. The molecule has 3 rings (SSSR count). The van der Waals surface area contributed by atoms with E-state index in [4.69, 9.17) is 4.74 Å². The maximum Gasteiger partial charge on any atom is 0.0941 e. The minimum atomic E-state index is 0.177. The molecule has 0 radical (unpaired) electrons. The highest BCUT2D eigenvalue weighted by Crippen LogP contribution is 2.54. The number of fused-ring (bicyclic) bond motifs is 2. The summed E-state index contributed by atoms with van der Waals surface area (Å²) in [6, 6.07) is 8.56. The van der Waals surface area contributed by atoms with Gasteiger partial charge in [0, 0.05) is 0 Å². The fourth-order valence-corrected chi connectivity index (χ4v) is 1.91. The molecule has 1 saturated carbocycles. The molecule has 1 spiro atoms. The molecule has 1 nitrogen and oxygen atoms in total. The van der Waals surface area contributed by atoms with Crippen LogP contribution in [0.2, 0.25) is 0 Å². The Morgan fingerprint density at radius 1 is 1.18 bits per heavy atom. The lowest BCUT2D eigenvalue weighted by Crippen LogP contribution is -2.01. The van der Waals surface area contributed by atoms with Gasteiger partial charge >= 0.3 is 0 Å². The summed E-state index contributed by atoms with van der Waals surface area (Å²) in [6.07, 6.45) is 2.45. The Bertz CT molecular complexity index is 299. The number of hydrogen-bond donors (Lipinski definition) is 0. The van der Waals surface area contributed by atoms with Crippen molar-refractivity contribution in [3.8, 4) is 0 Å². The van der Waals surface area contributed by atoms with Crippen LogP contribution in [0.5, 0.6) is 0 Å². The maximum absolute atomic E-state index is 5.72. The monoisotopic (exact) mass is 146 g/mol. The van der Waals surface area contributed by atoms with Crippen molar-refractivity contribution in [2.24, 2.45) is 0 Å². The van der Waals surface area contributed by atoms with E-state index in [1.807, 2.05) is 0 Å². The summed E-state index contributed by atoms with van der Waals surface area (Å²) in [5.41, 5.74) is 3.02. The van der Waals surface area contributed by atoms with Crippen LogP contribution < -0.4 is 0 Å². The van der Waals surface area contributed by atoms with E-state index in [0.717, 1.165) is 6.61 Å². The first kappa shape index (κ1) is 5.78. The van der Waals surface area contributed by atoms with Crippen molar-refractivity contribution in [1.82, 2.24) is 0 Å². The second-order valence-electron chi connectivity index (χ2n) is 3.44. The van der Waals surface area contributed by atoms with Gasteiger partial charge in [0.2, 0.25) is 0 Å². The van der Waals surface area contributed by atoms with Crippen LogP contribution in [0.15, 0.2) is 24.3 Å². The minimum absolute atomic E-state index is 0.177. The average molecular weight is 146 g/mol. The van der Waals surface area contributed by atoms with Crippen molar-refractivity contribution in [1.29, 1.82) is 0 Å². The molecule has 0 N–H and O–H groups in total. The Morgan fingerprint density at radius 2 is 2.00 bits per heavy atom. The Labute approximate surface area is 66.0 Å². The quantitative estimate of drug-likeness (QED) is 0.545. The van der Waals surface area contributed by atoms with Crippen molar-refractivity contribution < 1.29 is 4.74 Å². The Morgan fingerprint density at radius 3 is 2.82 bits per heavy atom. The standard InChI is InChI=1S/C10H10O/c1-2-4-9-8(3-1)7-11-10(9)5-6-10/h1-4H,5-7H2. The van der Waals surface area contributed by atoms with Crippen LogP contribution in [0.1, 0.15) is 24.0 Å². The first-order chi connectivity index (χ1) is 5.41. The molecule has 1 aromatic carbocycles. The van der Waals surface area contributed by atoms with Crippen LogP contribution >= 0.6 is 0 Å². The molecule has 0 aromatic heterocycles. The van der Waals surface area contributed by atoms with E-state index in [0.29, 0.717) is 0 Å². The van der Waals surface area contributed by atoms with Gasteiger partial charge in [0.05, 0.1) is 12.2 Å². The second-order valence-corrected chi connectivity index (χ2v) is 3.44. The number of benzene rings is 1. The van der Waals surface area contributed by atoms with E-state index in [-0.39, 0.29) is 5.60 Å². The van der Waals surface area contributed by atoms with Crippen molar-refractivity contribution in [3.63, 3.8) is 0 Å². The zero-order valence-electron chi connectivity index (χ0n) is 6.34. The molecule has 0 unspecified atom stereocenters. The van der Waals surface area contributed by atoms with Gasteiger partial charge < -0.3 is 4.74 Å². The molecular formula is C10H10O. The molecule has 2 aliphatic rings. The van der Waals surface area contributed by atoms with Gasteiger partial charge in [0.15, 0.2) is 0 Å². The zero-order chi connectivity index (χ0) is 7.31. The SMILES string of the molecule is c1ccc2c(c1)COC21CC1. The summed E-state index contributed by atoms with van der Waals surface area (Å²) < 4.78 is 5.72. The Kier molecular flexibility index (Phi) is 0.878. The summed E-state index contributed by atoms with van der Waals surface area (Å²) in [5.74, 6) is 0. The molecule has 1 heteroatoms. The summed E-state index contributed by atoms with van der Waals surface area (Å²) >= 11 is 0. The van der Waals surface area contributed by atoms with Crippen molar-refractivity contribution in [2.45, 2.75) is 25.0 Å². The molecule has 0 bridgehead atoms. The third-order valence-electron chi connectivity index (χ3n) is 2.72. The molecule has 1 aliphatic heterocycles. The minimum Gasteiger partial charge on any atom is -0.366 e. The van der Waals surface area contributed by atoms with E-state index >= 15 is 0 Å². The van der Waals surface area contributed by atoms with Crippen LogP contribution in [0.4, 0.5) is 0 Å². The topological polar surface area (TPSA) is 9.23 Å². The molecule has 0 amide bonds. The summed E-state index contributed by atoms with van der Waals surface area (Å²) in [5, 5.41) is 0. The van der Waals surface area contributed by atoms with Crippen LogP contribution in [-0.4, -0.2) is 0 Å². The first-order valence-electron chi connectivity index (χ1n) is 4.13. The van der Waals surface area contributed by atoms with E-state index in [1.165, 1.54) is 24.0 Å². The first-order valence-corrected chi connectivity index (χ1v) is 4.13. The Balaban J connectivity index is 2.21. The molecule has 56 valence electrons. The highest BCUT2D eigenvalue weighted by molar-refractivity contribution is 5.38. The predicted octanol–water partition coefficient (Wildman–Crippen LogP) is 2.21. The van der Waals surface area contributed by atoms with Gasteiger partial charge in [-0.25, -0.2) is 0 Å². The van der Waals surface area contributed by atoms with E-state index in [1.54, 1.807) is 0 Å². The van der Waals surface area contributed by atoms with Gasteiger partial charge in [0.1, 0.15) is 0 Å². The summed E-state index contributed by atoms with van der Waals surface area (Å²) in [7, 11) is 0. The predicted molar refractivity (Wildman–Crippen MR) is 42.1 cm³/mol. The number of rotatable bonds is 0. The highest BCUT2D eigenvalue weighted by atomic mass is 16.5. The van der Waals surface area contributed by atoms with Gasteiger partial charge in [-0.05, 0) is 24.0 Å². The lowest BCUT2D eigenvalue weighted by molar-refractivity contribution is 0.0442. The largest absolute Gasteiger partial charge is 0.366 e. The molecule has 11 heavy (non-hydrogen) atoms. The maximum atomic E-state index is 5.72.